The van der Waals surface area contributed by atoms with Gasteiger partial charge in [0.15, 0.2) is 0 Å². The Morgan fingerprint density at radius 2 is 2.11 bits per heavy atom. The Morgan fingerprint density at radius 3 is 2.56 bits per heavy atom. The molecule has 8 heteroatoms. The van der Waals surface area contributed by atoms with Crippen molar-refractivity contribution in [2.24, 2.45) is 0 Å². The first-order valence-corrected chi connectivity index (χ1v) is 5.05. The lowest BCUT2D eigenvalue weighted by Crippen LogP contribution is -2.26. The van der Waals surface area contributed by atoms with Crippen LogP contribution in [0.15, 0.2) is 6.20 Å². The number of hydrogen-bond acceptors (Lipinski definition) is 4. The molecular formula is C10H12F3N3O2. The topological polar surface area (TPSA) is 66.3 Å². The van der Waals surface area contributed by atoms with Gasteiger partial charge in [-0.15, -0.1) is 0 Å². The zero-order valence-electron chi connectivity index (χ0n) is 9.82. The first-order valence-electron chi connectivity index (χ1n) is 5.05. The zero-order valence-corrected chi connectivity index (χ0v) is 9.82. The van der Waals surface area contributed by atoms with Gasteiger partial charge in [0.2, 0.25) is 5.95 Å². The highest BCUT2D eigenvalue weighted by Gasteiger charge is 2.27. The molecule has 0 bridgehead atoms. The van der Waals surface area contributed by atoms with Crippen LogP contribution in [0.2, 0.25) is 0 Å². The number of carboxylic acid groups (broad SMARTS) is 1. The SMILES string of the molecule is Cc1nc(N(C)CCC(F)(F)F)ncc1C(=O)O. The molecule has 0 aliphatic carbocycles. The molecule has 100 valence electrons. The number of aryl methyl sites for hydroxylation is 1. The van der Waals surface area contributed by atoms with Crippen molar-refractivity contribution in [3.05, 3.63) is 17.5 Å². The Morgan fingerprint density at radius 1 is 1.50 bits per heavy atom. The normalized spacial score (nSPS) is 11.4. The van der Waals surface area contributed by atoms with Crippen molar-refractivity contribution in [1.82, 2.24) is 9.97 Å². The summed E-state index contributed by atoms with van der Waals surface area (Å²) in [6, 6.07) is 0. The van der Waals surface area contributed by atoms with Crippen LogP contribution in [0.1, 0.15) is 22.5 Å². The van der Waals surface area contributed by atoms with Crippen LogP contribution < -0.4 is 4.90 Å². The van der Waals surface area contributed by atoms with Gasteiger partial charge in [-0.25, -0.2) is 14.8 Å². The number of carbonyl (C=O) groups is 1. The van der Waals surface area contributed by atoms with Gasteiger partial charge in [-0.1, -0.05) is 0 Å². The Hall–Kier alpha value is -1.86. The molecule has 1 aromatic heterocycles. The maximum absolute atomic E-state index is 12.0. The Labute approximate surface area is 101 Å². The number of nitrogens with zero attached hydrogens (tertiary/aromatic N) is 3. The average Bonchev–Trinajstić information content (AvgIpc) is 2.24. The number of aromatic nitrogens is 2. The molecule has 18 heavy (non-hydrogen) atoms. The minimum atomic E-state index is -4.25. The van der Waals surface area contributed by atoms with E-state index in [-0.39, 0.29) is 23.8 Å². The number of rotatable bonds is 4. The second-order valence-electron chi connectivity index (χ2n) is 3.76. The van der Waals surface area contributed by atoms with Gasteiger partial charge in [0, 0.05) is 19.8 Å². The van der Waals surface area contributed by atoms with Crippen molar-refractivity contribution in [3.8, 4) is 0 Å². The van der Waals surface area contributed by atoms with E-state index in [1.807, 2.05) is 0 Å². The summed E-state index contributed by atoms with van der Waals surface area (Å²) >= 11 is 0. The predicted molar refractivity (Wildman–Crippen MR) is 57.7 cm³/mol. The van der Waals surface area contributed by atoms with Gasteiger partial charge < -0.3 is 10.0 Å². The highest BCUT2D eigenvalue weighted by Crippen LogP contribution is 2.20. The van der Waals surface area contributed by atoms with Gasteiger partial charge in [0.1, 0.15) is 0 Å². The predicted octanol–water partition coefficient (Wildman–Crippen LogP) is 1.87. The molecule has 1 aromatic rings. The summed E-state index contributed by atoms with van der Waals surface area (Å²) in [7, 11) is 1.42. The summed E-state index contributed by atoms with van der Waals surface area (Å²) in [6.45, 7) is 1.18. The average molecular weight is 263 g/mol. The summed E-state index contributed by atoms with van der Waals surface area (Å²) in [4.78, 5) is 19.5. The fourth-order valence-corrected chi connectivity index (χ4v) is 1.24. The Balaban J connectivity index is 2.78. The van der Waals surface area contributed by atoms with E-state index < -0.39 is 18.6 Å². The molecular weight excluding hydrogens is 251 g/mol. The summed E-state index contributed by atoms with van der Waals surface area (Å²) in [5.41, 5.74) is 0.148. The third-order valence-corrected chi connectivity index (χ3v) is 2.27. The van der Waals surface area contributed by atoms with Crippen molar-refractivity contribution in [3.63, 3.8) is 0 Å². The molecule has 0 unspecified atom stereocenters. The first-order chi connectivity index (χ1) is 8.20. The molecule has 0 aliphatic rings. The minimum absolute atomic E-state index is 0.0667. The first kappa shape index (κ1) is 14.2. The van der Waals surface area contributed by atoms with Crippen LogP contribution in [0.4, 0.5) is 19.1 Å². The number of hydrogen-bond donors (Lipinski definition) is 1. The molecule has 0 amide bonds. The van der Waals surface area contributed by atoms with Gasteiger partial charge >= 0.3 is 12.1 Å². The number of halogens is 3. The lowest BCUT2D eigenvalue weighted by atomic mass is 10.2. The van der Waals surface area contributed by atoms with E-state index in [0.29, 0.717) is 0 Å². The van der Waals surface area contributed by atoms with Crippen molar-refractivity contribution < 1.29 is 23.1 Å². The third kappa shape index (κ3) is 3.86. The summed E-state index contributed by atoms with van der Waals surface area (Å²) in [5.74, 6) is -1.10. The van der Waals surface area contributed by atoms with Gasteiger partial charge in [-0.05, 0) is 6.92 Å². The monoisotopic (exact) mass is 263 g/mol. The highest BCUT2D eigenvalue weighted by molar-refractivity contribution is 5.88. The van der Waals surface area contributed by atoms with Crippen molar-refractivity contribution >= 4 is 11.9 Å². The smallest absolute Gasteiger partial charge is 0.390 e. The van der Waals surface area contributed by atoms with Crippen molar-refractivity contribution in [2.75, 3.05) is 18.5 Å². The van der Waals surface area contributed by atoms with Crippen LogP contribution in [0.5, 0.6) is 0 Å². The van der Waals surface area contributed by atoms with Gasteiger partial charge in [0.25, 0.3) is 0 Å². The molecule has 0 aromatic carbocycles. The molecule has 0 radical (unpaired) electrons. The van der Waals surface area contributed by atoms with Crippen LogP contribution in [-0.2, 0) is 0 Å². The van der Waals surface area contributed by atoms with Crippen LogP contribution in [-0.4, -0.2) is 40.8 Å². The minimum Gasteiger partial charge on any atom is -0.478 e. The molecule has 0 spiro atoms. The maximum atomic E-state index is 12.0. The zero-order chi connectivity index (χ0) is 13.9. The van der Waals surface area contributed by atoms with E-state index in [2.05, 4.69) is 9.97 Å². The number of alkyl halides is 3. The van der Waals surface area contributed by atoms with Crippen LogP contribution in [0, 0.1) is 6.92 Å². The number of carboxylic acids is 1. The van der Waals surface area contributed by atoms with Crippen molar-refractivity contribution in [1.29, 1.82) is 0 Å². The Bertz CT molecular complexity index is 448. The van der Waals surface area contributed by atoms with Gasteiger partial charge in [-0.3, -0.25) is 0 Å². The Kier molecular flexibility index (Phi) is 4.10. The second kappa shape index (κ2) is 5.19. The highest BCUT2D eigenvalue weighted by atomic mass is 19.4. The molecule has 0 fully saturated rings. The molecule has 1 N–H and O–H groups in total. The quantitative estimate of drug-likeness (QED) is 0.898. The van der Waals surface area contributed by atoms with Crippen molar-refractivity contribution in [2.45, 2.75) is 19.5 Å². The lowest BCUT2D eigenvalue weighted by molar-refractivity contribution is -0.132. The van der Waals surface area contributed by atoms with Gasteiger partial charge in [0.05, 0.1) is 17.7 Å². The molecule has 0 atom stereocenters. The summed E-state index contributed by atoms with van der Waals surface area (Å²) in [6.07, 6.45) is -4.14. The van der Waals surface area contributed by atoms with Crippen LogP contribution in [0.25, 0.3) is 0 Å². The molecule has 5 nitrogen and oxygen atoms in total. The second-order valence-corrected chi connectivity index (χ2v) is 3.76. The van der Waals surface area contributed by atoms with Crippen LogP contribution >= 0.6 is 0 Å². The molecule has 0 saturated carbocycles. The van der Waals surface area contributed by atoms with E-state index in [4.69, 9.17) is 5.11 Å². The largest absolute Gasteiger partial charge is 0.478 e. The molecule has 1 heterocycles. The fourth-order valence-electron chi connectivity index (χ4n) is 1.24. The molecule has 0 aliphatic heterocycles. The summed E-state index contributed by atoms with van der Waals surface area (Å²) < 4.78 is 36.1. The third-order valence-electron chi connectivity index (χ3n) is 2.27. The standard InChI is InChI=1S/C10H12F3N3O2/c1-6-7(8(17)18)5-14-9(15-6)16(2)4-3-10(11,12)13/h5H,3-4H2,1-2H3,(H,17,18). The lowest BCUT2D eigenvalue weighted by Gasteiger charge is -2.18. The van der Waals surface area contributed by atoms with E-state index in [0.717, 1.165) is 6.20 Å². The van der Waals surface area contributed by atoms with E-state index >= 15 is 0 Å². The van der Waals surface area contributed by atoms with E-state index in [1.165, 1.54) is 18.9 Å². The molecule has 1 rings (SSSR count). The van der Waals surface area contributed by atoms with E-state index in [9.17, 15) is 18.0 Å². The van der Waals surface area contributed by atoms with E-state index in [1.54, 1.807) is 0 Å². The maximum Gasteiger partial charge on any atom is 0.390 e. The van der Waals surface area contributed by atoms with Gasteiger partial charge in [-0.2, -0.15) is 13.2 Å². The fraction of sp³-hybridized carbons (Fsp3) is 0.500. The number of aromatic carboxylic acids is 1. The number of anilines is 1. The van der Waals surface area contributed by atoms with Crippen LogP contribution in [0.3, 0.4) is 0 Å². The summed E-state index contributed by atoms with van der Waals surface area (Å²) in [5, 5.41) is 8.76. The molecule has 0 saturated heterocycles.